The minimum atomic E-state index is -3.72. The monoisotopic (exact) mass is 473 g/mol. The summed E-state index contributed by atoms with van der Waals surface area (Å²) in [6, 6.07) is 14.6. The largest absolute Gasteiger partial charge is 0.454 e. The molecule has 1 atom stereocenters. The van der Waals surface area contributed by atoms with Crippen LogP contribution in [0.1, 0.15) is 30.9 Å². The summed E-state index contributed by atoms with van der Waals surface area (Å²) >= 11 is 0. The smallest absolute Gasteiger partial charge is 0.357 e. The van der Waals surface area contributed by atoms with Gasteiger partial charge in [0, 0.05) is 7.05 Å². The van der Waals surface area contributed by atoms with Gasteiger partial charge in [-0.15, -0.1) is 0 Å². The van der Waals surface area contributed by atoms with Crippen molar-refractivity contribution in [1.29, 1.82) is 0 Å². The van der Waals surface area contributed by atoms with Crippen LogP contribution in [0.25, 0.3) is 5.69 Å². The van der Waals surface area contributed by atoms with Gasteiger partial charge in [0.1, 0.15) is 5.69 Å². The molecule has 0 unspecified atom stereocenters. The molecular formula is C23H28N3O6P. The predicted octanol–water partition coefficient (Wildman–Crippen LogP) is 4.59. The Kier molecular flexibility index (Phi) is 6.65. The number of para-hydroxylation sites is 1. The first kappa shape index (κ1) is 23.2. The summed E-state index contributed by atoms with van der Waals surface area (Å²) in [7, 11) is -1.92. The van der Waals surface area contributed by atoms with E-state index < -0.39 is 13.4 Å². The fraction of sp³-hybridized carbons (Fsp3) is 0.348. The summed E-state index contributed by atoms with van der Waals surface area (Å²) in [6.07, 6.45) is 0. The summed E-state index contributed by atoms with van der Waals surface area (Å²) in [5.74, 6) is 0.192. The molecule has 0 aliphatic carbocycles. The molecule has 0 radical (unpaired) electrons. The van der Waals surface area contributed by atoms with Crippen molar-refractivity contribution in [3.8, 4) is 17.2 Å². The van der Waals surface area contributed by atoms with Gasteiger partial charge in [-0.25, -0.2) is 4.68 Å². The summed E-state index contributed by atoms with van der Waals surface area (Å²) in [5.41, 5.74) is 2.03. The van der Waals surface area contributed by atoms with E-state index in [0.29, 0.717) is 28.4 Å². The first-order valence-electron chi connectivity index (χ1n) is 10.8. The molecule has 1 aromatic heterocycles. The maximum Gasteiger partial charge on any atom is 0.357 e. The SMILES string of the molecule is CCOP(=O)(OCC)[C@@H](Nc1c(C)n(C)n(-c2ccccc2)c1=O)c1ccc2c(c1)OCO2. The number of hydrogen-bond acceptors (Lipinski definition) is 7. The second-order valence-electron chi connectivity index (χ2n) is 7.47. The molecule has 33 heavy (non-hydrogen) atoms. The van der Waals surface area contributed by atoms with Gasteiger partial charge in [-0.1, -0.05) is 24.3 Å². The van der Waals surface area contributed by atoms with Gasteiger partial charge in [-0.3, -0.25) is 14.0 Å². The molecule has 0 fully saturated rings. The first-order valence-corrected chi connectivity index (χ1v) is 12.4. The fourth-order valence-corrected chi connectivity index (χ4v) is 5.75. The molecule has 4 rings (SSSR count). The average Bonchev–Trinajstić information content (AvgIpc) is 3.35. The van der Waals surface area contributed by atoms with Gasteiger partial charge >= 0.3 is 7.60 Å². The zero-order chi connectivity index (χ0) is 23.6. The lowest BCUT2D eigenvalue weighted by Gasteiger charge is -2.28. The van der Waals surface area contributed by atoms with E-state index in [-0.39, 0.29) is 25.6 Å². The van der Waals surface area contributed by atoms with E-state index in [0.717, 1.165) is 5.69 Å². The van der Waals surface area contributed by atoms with Gasteiger partial charge in [-0.2, -0.15) is 0 Å². The van der Waals surface area contributed by atoms with Crippen LogP contribution in [-0.2, 0) is 20.7 Å². The summed E-state index contributed by atoms with van der Waals surface area (Å²) in [4.78, 5) is 13.5. The highest BCUT2D eigenvalue weighted by atomic mass is 31.2. The van der Waals surface area contributed by atoms with Gasteiger partial charge in [0.2, 0.25) is 6.79 Å². The third-order valence-corrected chi connectivity index (χ3v) is 7.78. The molecule has 1 aliphatic heterocycles. The topological polar surface area (TPSA) is 93.0 Å². The summed E-state index contributed by atoms with van der Waals surface area (Å²) in [6.45, 7) is 5.80. The molecule has 0 amide bonds. The van der Waals surface area contributed by atoms with Crippen molar-refractivity contribution >= 4 is 13.3 Å². The highest BCUT2D eigenvalue weighted by Crippen LogP contribution is 2.61. The molecular weight excluding hydrogens is 445 g/mol. The number of nitrogens with one attached hydrogen (secondary N) is 1. The maximum atomic E-state index is 13.9. The molecule has 3 aromatic rings. The van der Waals surface area contributed by atoms with Gasteiger partial charge in [0.05, 0.1) is 24.6 Å². The molecule has 176 valence electrons. The number of hydrogen-bond donors (Lipinski definition) is 1. The van der Waals surface area contributed by atoms with E-state index in [9.17, 15) is 9.36 Å². The second kappa shape index (κ2) is 9.47. The van der Waals surface area contributed by atoms with Crippen LogP contribution >= 0.6 is 7.60 Å². The molecule has 0 bridgehead atoms. The van der Waals surface area contributed by atoms with Crippen LogP contribution in [-0.4, -0.2) is 29.4 Å². The Hall–Kier alpha value is -3.00. The normalized spacial score (nSPS) is 13.8. The first-order chi connectivity index (χ1) is 15.9. The van der Waals surface area contributed by atoms with Crippen LogP contribution < -0.4 is 20.3 Å². The number of rotatable bonds is 9. The molecule has 1 aliphatic rings. The van der Waals surface area contributed by atoms with Crippen LogP contribution in [0.5, 0.6) is 11.5 Å². The minimum Gasteiger partial charge on any atom is -0.454 e. The average molecular weight is 473 g/mol. The fourth-order valence-electron chi connectivity index (χ4n) is 3.85. The lowest BCUT2D eigenvalue weighted by Crippen LogP contribution is -2.23. The van der Waals surface area contributed by atoms with Crippen LogP contribution in [0.2, 0.25) is 0 Å². The molecule has 2 heterocycles. The molecule has 0 spiro atoms. The van der Waals surface area contributed by atoms with Crippen molar-refractivity contribution in [1.82, 2.24) is 9.36 Å². The number of benzene rings is 2. The Morgan fingerprint density at radius 2 is 1.73 bits per heavy atom. The van der Waals surface area contributed by atoms with Crippen molar-refractivity contribution in [2.24, 2.45) is 7.05 Å². The number of nitrogens with zero attached hydrogens (tertiary/aromatic N) is 2. The standard InChI is InChI=1S/C23H28N3O6P/c1-5-31-33(28,32-6-2)22(17-12-13-19-20(14-17)30-15-29-19)24-21-16(3)25(4)26(23(21)27)18-10-8-7-9-11-18/h7-14,22,24H,5-6,15H2,1-4H3/t22-/m1/s1. The van der Waals surface area contributed by atoms with Crippen LogP contribution in [0.4, 0.5) is 5.69 Å². The van der Waals surface area contributed by atoms with Crippen LogP contribution in [0, 0.1) is 6.92 Å². The van der Waals surface area contributed by atoms with Gasteiger partial charge in [0.15, 0.2) is 17.3 Å². The van der Waals surface area contributed by atoms with E-state index in [2.05, 4.69) is 5.32 Å². The molecule has 9 nitrogen and oxygen atoms in total. The maximum absolute atomic E-state index is 13.9. The zero-order valence-electron chi connectivity index (χ0n) is 19.1. The van der Waals surface area contributed by atoms with Crippen LogP contribution in [0.3, 0.4) is 0 Å². The Balaban J connectivity index is 1.83. The lowest BCUT2D eigenvalue weighted by atomic mass is 10.2. The van der Waals surface area contributed by atoms with Crippen molar-refractivity contribution in [3.63, 3.8) is 0 Å². The van der Waals surface area contributed by atoms with E-state index in [1.165, 1.54) is 0 Å². The Bertz CT molecular complexity index is 1230. The van der Waals surface area contributed by atoms with Gasteiger partial charge < -0.3 is 23.8 Å². The van der Waals surface area contributed by atoms with E-state index >= 15 is 0 Å². The number of aromatic nitrogens is 2. The summed E-state index contributed by atoms with van der Waals surface area (Å²) in [5, 5.41) is 3.20. The number of fused-ring (bicyclic) bond motifs is 1. The molecule has 10 heteroatoms. The van der Waals surface area contributed by atoms with Crippen molar-refractivity contribution in [2.45, 2.75) is 26.6 Å². The van der Waals surface area contributed by atoms with E-state index in [1.807, 2.05) is 37.3 Å². The predicted molar refractivity (Wildman–Crippen MR) is 126 cm³/mol. The Morgan fingerprint density at radius 3 is 2.39 bits per heavy atom. The quantitative estimate of drug-likeness (QED) is 0.455. The summed E-state index contributed by atoms with van der Waals surface area (Å²) < 4.78 is 39.5. The highest BCUT2D eigenvalue weighted by molar-refractivity contribution is 7.54. The molecule has 0 saturated carbocycles. The lowest BCUT2D eigenvalue weighted by molar-refractivity contribution is 0.174. The van der Waals surface area contributed by atoms with Gasteiger partial charge in [-0.05, 0) is 50.6 Å². The van der Waals surface area contributed by atoms with E-state index in [4.69, 9.17) is 18.5 Å². The number of ether oxygens (including phenoxy) is 2. The zero-order valence-corrected chi connectivity index (χ0v) is 20.0. The minimum absolute atomic E-state index is 0.116. The second-order valence-corrected chi connectivity index (χ2v) is 9.58. The Morgan fingerprint density at radius 1 is 1.06 bits per heavy atom. The van der Waals surface area contributed by atoms with Gasteiger partial charge in [0.25, 0.3) is 5.56 Å². The van der Waals surface area contributed by atoms with Crippen molar-refractivity contribution in [2.75, 3.05) is 25.3 Å². The Labute approximate surface area is 192 Å². The molecule has 0 saturated heterocycles. The van der Waals surface area contributed by atoms with Crippen molar-refractivity contribution < 1.29 is 23.1 Å². The third kappa shape index (κ3) is 4.31. The van der Waals surface area contributed by atoms with Crippen LogP contribution in [0.15, 0.2) is 53.3 Å². The number of anilines is 1. The molecule has 2 aromatic carbocycles. The van der Waals surface area contributed by atoms with Crippen molar-refractivity contribution in [3.05, 3.63) is 70.1 Å². The van der Waals surface area contributed by atoms with E-state index in [1.54, 1.807) is 48.5 Å². The highest BCUT2D eigenvalue weighted by Gasteiger charge is 2.39. The third-order valence-electron chi connectivity index (χ3n) is 5.48. The molecule has 1 N–H and O–H groups in total.